The molecule has 1 aromatic carbocycles. The minimum atomic E-state index is -0.794. The molecule has 0 aromatic heterocycles. The van der Waals surface area contributed by atoms with Crippen LogP contribution in [0.4, 0.5) is 0 Å². The van der Waals surface area contributed by atoms with E-state index in [1.807, 2.05) is 32.0 Å². The van der Waals surface area contributed by atoms with Crippen LogP contribution in [0.15, 0.2) is 24.3 Å². The van der Waals surface area contributed by atoms with Crippen molar-refractivity contribution in [2.75, 3.05) is 6.61 Å². The Balaban J connectivity index is 2.81. The average Bonchev–Trinajstić information content (AvgIpc) is 2.24. The second-order valence-corrected chi connectivity index (χ2v) is 6.77. The van der Waals surface area contributed by atoms with Crippen LogP contribution in [-0.4, -0.2) is 17.7 Å². The molecule has 0 unspecified atom stereocenters. The van der Waals surface area contributed by atoms with Gasteiger partial charge < -0.3 is 9.84 Å². The predicted octanol–water partition coefficient (Wildman–Crippen LogP) is 3.86. The van der Waals surface area contributed by atoms with Crippen molar-refractivity contribution in [3.8, 4) is 5.75 Å². The smallest absolute Gasteiger partial charge is 0.304 e. The zero-order chi connectivity index (χ0) is 14.7. The quantitative estimate of drug-likeness (QED) is 0.878. The number of benzene rings is 1. The van der Waals surface area contributed by atoms with E-state index >= 15 is 0 Å². The van der Waals surface area contributed by atoms with Crippen molar-refractivity contribution in [2.24, 2.45) is 5.41 Å². The summed E-state index contributed by atoms with van der Waals surface area (Å²) in [6.07, 6.45) is 0.102. The van der Waals surface area contributed by atoms with Crippen LogP contribution in [0.2, 0.25) is 0 Å². The van der Waals surface area contributed by atoms with Gasteiger partial charge in [0.25, 0.3) is 0 Å². The number of ether oxygens (including phenoxy) is 1. The van der Waals surface area contributed by atoms with Gasteiger partial charge in [0.2, 0.25) is 0 Å². The topological polar surface area (TPSA) is 46.5 Å². The van der Waals surface area contributed by atoms with E-state index in [9.17, 15) is 4.79 Å². The molecule has 0 fully saturated rings. The van der Waals surface area contributed by atoms with Crippen LogP contribution in [0.3, 0.4) is 0 Å². The average molecular weight is 264 g/mol. The van der Waals surface area contributed by atoms with Crippen molar-refractivity contribution in [1.29, 1.82) is 0 Å². The third-order valence-corrected chi connectivity index (χ3v) is 2.94. The Kier molecular flexibility index (Phi) is 4.61. The largest absolute Gasteiger partial charge is 0.493 e. The lowest BCUT2D eigenvalue weighted by atomic mass is 9.86. The lowest BCUT2D eigenvalue weighted by Gasteiger charge is -2.27. The molecule has 0 saturated carbocycles. The molecule has 0 radical (unpaired) electrons. The van der Waals surface area contributed by atoms with Gasteiger partial charge in [-0.2, -0.15) is 0 Å². The van der Waals surface area contributed by atoms with Crippen molar-refractivity contribution in [1.82, 2.24) is 0 Å². The number of carbonyl (C=O) groups is 1. The Morgan fingerprint density at radius 2 is 1.74 bits per heavy atom. The van der Waals surface area contributed by atoms with Crippen molar-refractivity contribution in [3.05, 3.63) is 29.8 Å². The summed E-state index contributed by atoms with van der Waals surface area (Å²) >= 11 is 0. The highest BCUT2D eigenvalue weighted by atomic mass is 16.5. The van der Waals surface area contributed by atoms with Crippen molar-refractivity contribution in [2.45, 2.75) is 46.5 Å². The summed E-state index contributed by atoms with van der Waals surface area (Å²) in [5.74, 6) is 0.0474. The lowest BCUT2D eigenvalue weighted by Crippen LogP contribution is -2.25. The highest BCUT2D eigenvalue weighted by Gasteiger charge is 2.24. The van der Waals surface area contributed by atoms with Gasteiger partial charge in [0.1, 0.15) is 5.75 Å². The van der Waals surface area contributed by atoms with Crippen LogP contribution < -0.4 is 4.74 Å². The van der Waals surface area contributed by atoms with E-state index in [4.69, 9.17) is 9.84 Å². The first-order valence-corrected chi connectivity index (χ1v) is 6.56. The summed E-state index contributed by atoms with van der Waals surface area (Å²) in [5, 5.41) is 8.87. The maximum absolute atomic E-state index is 10.8. The zero-order valence-electron chi connectivity index (χ0n) is 12.5. The van der Waals surface area contributed by atoms with E-state index < -0.39 is 5.97 Å². The van der Waals surface area contributed by atoms with E-state index in [0.717, 1.165) is 11.3 Å². The molecule has 0 amide bonds. The van der Waals surface area contributed by atoms with Gasteiger partial charge in [-0.3, -0.25) is 4.79 Å². The summed E-state index contributed by atoms with van der Waals surface area (Å²) in [7, 11) is 0. The summed E-state index contributed by atoms with van der Waals surface area (Å²) in [4.78, 5) is 10.8. The number of hydrogen-bond donors (Lipinski definition) is 1. The molecule has 3 nitrogen and oxygen atoms in total. The van der Waals surface area contributed by atoms with Gasteiger partial charge in [0, 0.05) is 5.41 Å². The number of rotatable bonds is 5. The fourth-order valence-corrected chi connectivity index (χ4v) is 1.95. The Labute approximate surface area is 115 Å². The molecule has 0 atom stereocenters. The normalized spacial score (nSPS) is 12.3. The van der Waals surface area contributed by atoms with E-state index in [1.165, 1.54) is 0 Å². The molecule has 1 N–H and O–H groups in total. The highest BCUT2D eigenvalue weighted by molar-refractivity contribution is 5.67. The van der Waals surface area contributed by atoms with E-state index in [1.54, 1.807) is 0 Å². The maximum Gasteiger partial charge on any atom is 0.304 e. The van der Waals surface area contributed by atoms with Gasteiger partial charge >= 0.3 is 5.97 Å². The minimum absolute atomic E-state index is 0.00747. The van der Waals surface area contributed by atoms with Gasteiger partial charge in [-0.1, -0.05) is 52.8 Å². The molecular formula is C16H24O3. The standard InChI is InChI=1S/C16H24O3/c1-15(2,3)12-8-6-7-9-13(12)19-11-16(4,5)10-14(17)18/h6-9H,10-11H2,1-5H3,(H,17,18). The molecule has 0 spiro atoms. The molecule has 0 saturated heterocycles. The first-order valence-electron chi connectivity index (χ1n) is 6.56. The molecule has 0 aliphatic rings. The molecule has 0 heterocycles. The van der Waals surface area contributed by atoms with Crippen molar-refractivity contribution >= 4 is 5.97 Å². The maximum atomic E-state index is 10.8. The summed E-state index contributed by atoms with van der Waals surface area (Å²) < 4.78 is 5.87. The Morgan fingerprint density at radius 1 is 1.16 bits per heavy atom. The zero-order valence-corrected chi connectivity index (χ0v) is 12.5. The van der Waals surface area contributed by atoms with E-state index in [0.29, 0.717) is 6.61 Å². The van der Waals surface area contributed by atoms with Gasteiger partial charge in [0.05, 0.1) is 13.0 Å². The number of carboxylic acid groups (broad SMARTS) is 1. The predicted molar refractivity (Wildman–Crippen MR) is 76.7 cm³/mol. The molecule has 3 heteroatoms. The third-order valence-electron chi connectivity index (χ3n) is 2.94. The second-order valence-electron chi connectivity index (χ2n) is 6.77. The number of hydrogen-bond acceptors (Lipinski definition) is 2. The molecular weight excluding hydrogens is 240 g/mol. The first kappa shape index (κ1) is 15.5. The van der Waals surface area contributed by atoms with Crippen LogP contribution in [-0.2, 0) is 10.2 Å². The third kappa shape index (κ3) is 4.93. The monoisotopic (exact) mass is 264 g/mol. The van der Waals surface area contributed by atoms with Crippen LogP contribution in [0, 0.1) is 5.41 Å². The molecule has 0 aliphatic heterocycles. The number of para-hydroxylation sites is 1. The number of aliphatic carboxylic acids is 1. The SMILES string of the molecule is CC(C)(COc1ccccc1C(C)(C)C)CC(=O)O. The fourth-order valence-electron chi connectivity index (χ4n) is 1.95. The molecule has 0 aliphatic carbocycles. The molecule has 19 heavy (non-hydrogen) atoms. The van der Waals surface area contributed by atoms with Crippen LogP contribution >= 0.6 is 0 Å². The Bertz CT molecular complexity index is 442. The Hall–Kier alpha value is -1.51. The highest BCUT2D eigenvalue weighted by Crippen LogP contribution is 2.32. The van der Waals surface area contributed by atoms with E-state index in [2.05, 4.69) is 26.8 Å². The van der Waals surface area contributed by atoms with Gasteiger partial charge in [-0.05, 0) is 17.0 Å². The first-order chi connectivity index (χ1) is 8.62. The van der Waals surface area contributed by atoms with Gasteiger partial charge in [-0.25, -0.2) is 0 Å². The van der Waals surface area contributed by atoms with E-state index in [-0.39, 0.29) is 17.3 Å². The lowest BCUT2D eigenvalue weighted by molar-refractivity contribution is -0.139. The minimum Gasteiger partial charge on any atom is -0.493 e. The van der Waals surface area contributed by atoms with Gasteiger partial charge in [-0.15, -0.1) is 0 Å². The summed E-state index contributed by atoms with van der Waals surface area (Å²) in [6.45, 7) is 10.6. The second kappa shape index (κ2) is 5.64. The van der Waals surface area contributed by atoms with Crippen LogP contribution in [0.5, 0.6) is 5.75 Å². The molecule has 1 aromatic rings. The molecule has 1 rings (SSSR count). The Morgan fingerprint density at radius 3 is 2.26 bits per heavy atom. The summed E-state index contributed by atoms with van der Waals surface area (Å²) in [6, 6.07) is 7.93. The van der Waals surface area contributed by atoms with Crippen LogP contribution in [0.1, 0.15) is 46.6 Å². The van der Waals surface area contributed by atoms with Crippen molar-refractivity contribution < 1.29 is 14.6 Å². The number of carboxylic acids is 1. The molecule has 106 valence electrons. The summed E-state index contributed by atoms with van der Waals surface area (Å²) in [5.41, 5.74) is 0.769. The van der Waals surface area contributed by atoms with Crippen molar-refractivity contribution in [3.63, 3.8) is 0 Å². The van der Waals surface area contributed by atoms with Crippen LogP contribution in [0.25, 0.3) is 0 Å². The van der Waals surface area contributed by atoms with Gasteiger partial charge in [0.15, 0.2) is 0 Å². The fraction of sp³-hybridized carbons (Fsp3) is 0.562. The molecule has 0 bridgehead atoms.